The predicted molar refractivity (Wildman–Crippen MR) is 80.0 cm³/mol. The Hall–Kier alpha value is -1.75. The number of para-hydroxylation sites is 2. The largest absolute Gasteiger partial charge is 0.495 e. The maximum Gasteiger partial charge on any atom is 0.321 e. The molecular weight excluding hydrogens is 254 g/mol. The van der Waals surface area contributed by atoms with Gasteiger partial charge in [0.15, 0.2) is 0 Å². The zero-order valence-electron chi connectivity index (χ0n) is 12.0. The number of carbonyl (C=O) groups is 1. The Labute approximate surface area is 120 Å². The number of anilines is 1. The van der Waals surface area contributed by atoms with Crippen LogP contribution in [0.2, 0.25) is 0 Å². The molecule has 1 saturated heterocycles. The van der Waals surface area contributed by atoms with E-state index in [1.807, 2.05) is 29.2 Å². The van der Waals surface area contributed by atoms with Crippen molar-refractivity contribution in [3.63, 3.8) is 0 Å². The molecule has 1 aromatic rings. The topological polar surface area (TPSA) is 67.6 Å². The second-order valence-electron chi connectivity index (χ2n) is 5.16. The number of benzene rings is 1. The van der Waals surface area contributed by atoms with Crippen LogP contribution in [0, 0.1) is 5.92 Å². The zero-order chi connectivity index (χ0) is 14.4. The summed E-state index contributed by atoms with van der Waals surface area (Å²) in [5.41, 5.74) is 6.32. The average Bonchev–Trinajstić information content (AvgIpc) is 2.48. The van der Waals surface area contributed by atoms with Crippen LogP contribution in [-0.4, -0.2) is 37.7 Å². The highest BCUT2D eigenvalue weighted by Crippen LogP contribution is 2.25. The number of urea groups is 1. The number of amides is 2. The van der Waals surface area contributed by atoms with Gasteiger partial charge in [-0.1, -0.05) is 12.1 Å². The number of nitrogens with zero attached hydrogens (tertiary/aromatic N) is 1. The molecule has 0 spiro atoms. The lowest BCUT2D eigenvalue weighted by Crippen LogP contribution is -2.42. The van der Waals surface area contributed by atoms with Gasteiger partial charge in [0.1, 0.15) is 5.75 Å². The zero-order valence-corrected chi connectivity index (χ0v) is 12.0. The van der Waals surface area contributed by atoms with Gasteiger partial charge in [0.2, 0.25) is 0 Å². The first-order valence-electron chi connectivity index (χ1n) is 7.13. The molecule has 1 heterocycles. The number of nitrogens with one attached hydrogen (secondary N) is 1. The fourth-order valence-electron chi connectivity index (χ4n) is 2.66. The van der Waals surface area contributed by atoms with Gasteiger partial charge >= 0.3 is 6.03 Å². The standard InChI is InChI=1S/C15H23N3O2/c1-20-14-7-3-2-6-13(14)17-15(19)18-10-4-5-12(11-18)8-9-16/h2-3,6-7,12H,4-5,8-11,16H2,1H3,(H,17,19). The number of nitrogens with two attached hydrogens (primary N) is 1. The highest BCUT2D eigenvalue weighted by molar-refractivity contribution is 5.91. The number of hydrogen-bond donors (Lipinski definition) is 2. The molecule has 20 heavy (non-hydrogen) atoms. The van der Waals surface area contributed by atoms with Crippen molar-refractivity contribution in [2.45, 2.75) is 19.3 Å². The second-order valence-corrected chi connectivity index (χ2v) is 5.16. The first-order valence-corrected chi connectivity index (χ1v) is 7.13. The van der Waals surface area contributed by atoms with Crippen molar-refractivity contribution in [2.24, 2.45) is 11.7 Å². The minimum absolute atomic E-state index is 0.0591. The van der Waals surface area contributed by atoms with E-state index in [9.17, 15) is 4.79 Å². The molecule has 0 aromatic heterocycles. The van der Waals surface area contributed by atoms with Crippen molar-refractivity contribution in [3.8, 4) is 5.75 Å². The van der Waals surface area contributed by atoms with Gasteiger partial charge < -0.3 is 20.7 Å². The Bertz CT molecular complexity index is 448. The number of likely N-dealkylation sites (tertiary alicyclic amines) is 1. The van der Waals surface area contributed by atoms with Gasteiger partial charge in [0, 0.05) is 13.1 Å². The normalized spacial score (nSPS) is 18.7. The molecule has 0 aliphatic carbocycles. The van der Waals surface area contributed by atoms with E-state index in [0.717, 1.165) is 32.4 Å². The molecular formula is C15H23N3O2. The summed E-state index contributed by atoms with van der Waals surface area (Å²) in [6.45, 7) is 2.28. The molecule has 3 N–H and O–H groups in total. The van der Waals surface area contributed by atoms with Crippen LogP contribution in [0.4, 0.5) is 10.5 Å². The fraction of sp³-hybridized carbons (Fsp3) is 0.533. The van der Waals surface area contributed by atoms with Crippen molar-refractivity contribution < 1.29 is 9.53 Å². The van der Waals surface area contributed by atoms with E-state index in [2.05, 4.69) is 5.32 Å². The van der Waals surface area contributed by atoms with E-state index < -0.39 is 0 Å². The molecule has 5 nitrogen and oxygen atoms in total. The van der Waals surface area contributed by atoms with Gasteiger partial charge in [-0.25, -0.2) is 4.79 Å². The van der Waals surface area contributed by atoms with E-state index in [4.69, 9.17) is 10.5 Å². The lowest BCUT2D eigenvalue weighted by molar-refractivity contribution is 0.175. The van der Waals surface area contributed by atoms with Gasteiger partial charge in [-0.05, 0) is 43.9 Å². The number of hydrogen-bond acceptors (Lipinski definition) is 3. The Morgan fingerprint density at radius 3 is 3.05 bits per heavy atom. The minimum atomic E-state index is -0.0591. The first kappa shape index (κ1) is 14.7. The summed E-state index contributed by atoms with van der Waals surface area (Å²) in [5.74, 6) is 1.20. The fourth-order valence-corrected chi connectivity index (χ4v) is 2.66. The second kappa shape index (κ2) is 7.14. The van der Waals surface area contributed by atoms with Gasteiger partial charge in [0.05, 0.1) is 12.8 Å². The van der Waals surface area contributed by atoms with Gasteiger partial charge in [-0.15, -0.1) is 0 Å². The predicted octanol–water partition coefficient (Wildman–Crippen LogP) is 2.29. The van der Waals surface area contributed by atoms with Crippen LogP contribution in [0.15, 0.2) is 24.3 Å². The number of ether oxygens (including phenoxy) is 1. The molecule has 110 valence electrons. The van der Waals surface area contributed by atoms with Gasteiger partial charge in [0.25, 0.3) is 0 Å². The van der Waals surface area contributed by atoms with E-state index in [1.54, 1.807) is 7.11 Å². The lowest BCUT2D eigenvalue weighted by atomic mass is 9.95. The van der Waals surface area contributed by atoms with Gasteiger partial charge in [-0.2, -0.15) is 0 Å². The van der Waals surface area contributed by atoms with Crippen molar-refractivity contribution in [1.82, 2.24) is 4.90 Å². The van der Waals surface area contributed by atoms with Crippen LogP contribution in [-0.2, 0) is 0 Å². The third kappa shape index (κ3) is 3.63. The molecule has 1 aliphatic heterocycles. The molecule has 0 saturated carbocycles. The van der Waals surface area contributed by atoms with E-state index in [0.29, 0.717) is 23.9 Å². The third-order valence-corrected chi connectivity index (χ3v) is 3.73. The average molecular weight is 277 g/mol. The summed E-state index contributed by atoms with van der Waals surface area (Å²) in [6.07, 6.45) is 3.19. The Morgan fingerprint density at radius 1 is 1.50 bits per heavy atom. The smallest absolute Gasteiger partial charge is 0.321 e. The summed E-state index contributed by atoms with van der Waals surface area (Å²) in [5, 5.41) is 2.92. The summed E-state index contributed by atoms with van der Waals surface area (Å²) >= 11 is 0. The highest BCUT2D eigenvalue weighted by Gasteiger charge is 2.23. The van der Waals surface area contributed by atoms with Crippen molar-refractivity contribution in [2.75, 3.05) is 32.1 Å². The molecule has 5 heteroatoms. The van der Waals surface area contributed by atoms with Crippen LogP contribution >= 0.6 is 0 Å². The SMILES string of the molecule is COc1ccccc1NC(=O)N1CCCC(CCN)C1. The molecule has 1 atom stereocenters. The molecule has 1 unspecified atom stereocenters. The molecule has 0 radical (unpaired) electrons. The van der Waals surface area contributed by atoms with Crippen LogP contribution < -0.4 is 15.8 Å². The molecule has 2 amide bonds. The first-order chi connectivity index (χ1) is 9.74. The van der Waals surface area contributed by atoms with E-state index in [-0.39, 0.29) is 6.03 Å². The van der Waals surface area contributed by atoms with Crippen LogP contribution in [0.25, 0.3) is 0 Å². The summed E-state index contributed by atoms with van der Waals surface area (Å²) < 4.78 is 5.24. The number of methoxy groups -OCH3 is 1. The summed E-state index contributed by atoms with van der Waals surface area (Å²) in [6, 6.07) is 7.38. The third-order valence-electron chi connectivity index (χ3n) is 3.73. The Kier molecular flexibility index (Phi) is 5.24. The van der Waals surface area contributed by atoms with Gasteiger partial charge in [-0.3, -0.25) is 0 Å². The Balaban J connectivity index is 1.97. The maximum absolute atomic E-state index is 12.3. The van der Waals surface area contributed by atoms with E-state index in [1.165, 1.54) is 0 Å². The molecule has 2 rings (SSSR count). The van der Waals surface area contributed by atoms with E-state index >= 15 is 0 Å². The lowest BCUT2D eigenvalue weighted by Gasteiger charge is -2.32. The molecule has 1 aliphatic rings. The monoisotopic (exact) mass is 277 g/mol. The highest BCUT2D eigenvalue weighted by atomic mass is 16.5. The maximum atomic E-state index is 12.3. The molecule has 1 aromatic carbocycles. The number of rotatable bonds is 4. The number of carbonyl (C=O) groups excluding carboxylic acids is 1. The minimum Gasteiger partial charge on any atom is -0.495 e. The molecule has 1 fully saturated rings. The van der Waals surface area contributed by atoms with Crippen molar-refractivity contribution in [3.05, 3.63) is 24.3 Å². The number of piperidine rings is 1. The van der Waals surface area contributed by atoms with Crippen molar-refractivity contribution in [1.29, 1.82) is 0 Å². The van der Waals surface area contributed by atoms with Crippen LogP contribution in [0.5, 0.6) is 5.75 Å². The quantitative estimate of drug-likeness (QED) is 0.887. The van der Waals surface area contributed by atoms with Crippen LogP contribution in [0.3, 0.4) is 0 Å². The van der Waals surface area contributed by atoms with Crippen LogP contribution in [0.1, 0.15) is 19.3 Å². The van der Waals surface area contributed by atoms with Crippen molar-refractivity contribution >= 4 is 11.7 Å². The summed E-state index contributed by atoms with van der Waals surface area (Å²) in [4.78, 5) is 14.2. The Morgan fingerprint density at radius 2 is 2.30 bits per heavy atom. The summed E-state index contributed by atoms with van der Waals surface area (Å²) in [7, 11) is 1.60. The molecule has 0 bridgehead atoms.